The fraction of sp³-hybridized carbons (Fsp3) is 0.500. The van der Waals surface area contributed by atoms with Gasteiger partial charge in [0.05, 0.1) is 13.2 Å². The van der Waals surface area contributed by atoms with E-state index in [9.17, 15) is 0 Å². The Morgan fingerprint density at radius 2 is 2.27 bits per heavy atom. The van der Waals surface area contributed by atoms with E-state index in [0.29, 0.717) is 0 Å². The van der Waals surface area contributed by atoms with E-state index in [4.69, 9.17) is 4.74 Å². The van der Waals surface area contributed by atoms with E-state index in [1.165, 1.54) is 23.3 Å². The number of rotatable bonds is 0. The zero-order chi connectivity index (χ0) is 10.1. The Balaban J connectivity index is 2.04. The minimum Gasteiger partial charge on any atom is -0.374 e. The van der Waals surface area contributed by atoms with Crippen molar-refractivity contribution in [1.82, 2.24) is 5.32 Å². The van der Waals surface area contributed by atoms with Gasteiger partial charge in [0.15, 0.2) is 0 Å². The highest BCUT2D eigenvalue weighted by atomic mass is 32.2. The van der Waals surface area contributed by atoms with Crippen molar-refractivity contribution < 1.29 is 4.74 Å². The summed E-state index contributed by atoms with van der Waals surface area (Å²) < 4.78 is 5.71. The van der Waals surface area contributed by atoms with Crippen LogP contribution in [-0.4, -0.2) is 18.9 Å². The summed E-state index contributed by atoms with van der Waals surface area (Å²) in [5, 5.41) is 3.63. The molecular weight excluding hydrogens is 206 g/mol. The Hall–Kier alpha value is -0.510. The molecule has 0 saturated carbocycles. The first-order valence-electron chi connectivity index (χ1n) is 5.46. The number of hydrogen-bond donors (Lipinski definition) is 1. The van der Waals surface area contributed by atoms with Crippen LogP contribution < -0.4 is 5.32 Å². The fourth-order valence-corrected chi connectivity index (χ4v) is 3.71. The summed E-state index contributed by atoms with van der Waals surface area (Å²) in [5.41, 5.74) is 2.77. The van der Waals surface area contributed by atoms with Crippen molar-refractivity contribution in [3.63, 3.8) is 0 Å². The third-order valence-electron chi connectivity index (χ3n) is 3.10. The number of thioether (sulfide) groups is 1. The summed E-state index contributed by atoms with van der Waals surface area (Å²) in [5.74, 6) is 1.23. The van der Waals surface area contributed by atoms with Crippen LogP contribution in [0.3, 0.4) is 0 Å². The highest BCUT2D eigenvalue weighted by molar-refractivity contribution is 8.00. The number of benzene rings is 1. The Kier molecular flexibility index (Phi) is 2.47. The molecule has 80 valence electrons. The molecule has 15 heavy (non-hydrogen) atoms. The van der Waals surface area contributed by atoms with E-state index >= 15 is 0 Å². The lowest BCUT2D eigenvalue weighted by Crippen LogP contribution is -2.49. The molecule has 1 fully saturated rings. The Morgan fingerprint density at radius 1 is 1.33 bits per heavy atom. The lowest BCUT2D eigenvalue weighted by Gasteiger charge is -2.41. The third-order valence-corrected chi connectivity index (χ3v) is 4.56. The second-order valence-corrected chi connectivity index (χ2v) is 5.50. The molecule has 0 amide bonds. The van der Waals surface area contributed by atoms with Gasteiger partial charge in [-0.1, -0.05) is 24.3 Å². The Morgan fingerprint density at radius 3 is 3.13 bits per heavy atom. The van der Waals surface area contributed by atoms with E-state index in [1.807, 2.05) is 11.8 Å². The van der Waals surface area contributed by atoms with Crippen LogP contribution in [0.15, 0.2) is 24.3 Å². The fourth-order valence-electron chi connectivity index (χ4n) is 2.35. The average Bonchev–Trinajstić information content (AvgIpc) is 2.31. The predicted octanol–water partition coefficient (Wildman–Crippen LogP) is 2.10. The molecule has 1 unspecified atom stereocenters. The van der Waals surface area contributed by atoms with Crippen molar-refractivity contribution in [2.45, 2.75) is 17.9 Å². The number of fused-ring (bicyclic) bond motifs is 2. The lowest BCUT2D eigenvalue weighted by molar-refractivity contribution is 0.0696. The lowest BCUT2D eigenvalue weighted by atomic mass is 9.98. The van der Waals surface area contributed by atoms with Gasteiger partial charge in [-0.15, -0.1) is 11.8 Å². The van der Waals surface area contributed by atoms with Crippen molar-refractivity contribution in [3.05, 3.63) is 35.4 Å². The second-order valence-electron chi connectivity index (χ2n) is 4.11. The summed E-state index contributed by atoms with van der Waals surface area (Å²) >= 11 is 1.99. The summed E-state index contributed by atoms with van der Waals surface area (Å²) in [7, 11) is 0. The van der Waals surface area contributed by atoms with Crippen LogP contribution in [0.2, 0.25) is 0 Å². The second kappa shape index (κ2) is 3.81. The van der Waals surface area contributed by atoms with Gasteiger partial charge in [0.1, 0.15) is 4.87 Å². The standard InChI is InChI=1S/C12H15NOS/c1-2-5-11-10(4-1)8-14-9-12(11)13-6-3-7-15-12/h1-2,4-5,13H,3,6-9H2. The van der Waals surface area contributed by atoms with Crippen LogP contribution in [0.4, 0.5) is 0 Å². The van der Waals surface area contributed by atoms with Gasteiger partial charge in [-0.3, -0.25) is 5.32 Å². The molecule has 1 aromatic carbocycles. The van der Waals surface area contributed by atoms with E-state index in [-0.39, 0.29) is 4.87 Å². The van der Waals surface area contributed by atoms with E-state index in [2.05, 4.69) is 29.6 Å². The van der Waals surface area contributed by atoms with Crippen LogP contribution in [0, 0.1) is 0 Å². The van der Waals surface area contributed by atoms with E-state index in [0.717, 1.165) is 19.8 Å². The van der Waals surface area contributed by atoms with Crippen molar-refractivity contribution >= 4 is 11.8 Å². The van der Waals surface area contributed by atoms with Crippen LogP contribution >= 0.6 is 11.8 Å². The van der Waals surface area contributed by atoms with Gasteiger partial charge in [0, 0.05) is 0 Å². The molecular formula is C12H15NOS. The van der Waals surface area contributed by atoms with Crippen molar-refractivity contribution in [3.8, 4) is 0 Å². The monoisotopic (exact) mass is 221 g/mol. The smallest absolute Gasteiger partial charge is 0.114 e. The van der Waals surface area contributed by atoms with E-state index < -0.39 is 0 Å². The molecule has 1 aromatic rings. The average molecular weight is 221 g/mol. The molecule has 2 aliphatic rings. The number of hydrogen-bond acceptors (Lipinski definition) is 3. The normalized spacial score (nSPS) is 30.1. The van der Waals surface area contributed by atoms with Crippen LogP contribution in [0.25, 0.3) is 0 Å². The maximum absolute atomic E-state index is 5.71. The molecule has 0 radical (unpaired) electrons. The molecule has 2 nitrogen and oxygen atoms in total. The first-order chi connectivity index (χ1) is 7.41. The van der Waals surface area contributed by atoms with Gasteiger partial charge in [0.2, 0.25) is 0 Å². The maximum Gasteiger partial charge on any atom is 0.114 e. The highest BCUT2D eigenvalue weighted by Crippen LogP contribution is 2.41. The number of nitrogens with one attached hydrogen (secondary N) is 1. The molecule has 1 spiro atoms. The Bertz CT molecular complexity index is 360. The van der Waals surface area contributed by atoms with Gasteiger partial charge in [-0.05, 0) is 29.8 Å². The van der Waals surface area contributed by atoms with Gasteiger partial charge in [-0.2, -0.15) is 0 Å². The minimum absolute atomic E-state index is 0.0348. The van der Waals surface area contributed by atoms with Crippen molar-refractivity contribution in [2.24, 2.45) is 0 Å². The first kappa shape index (κ1) is 9.70. The van der Waals surface area contributed by atoms with Gasteiger partial charge in [0.25, 0.3) is 0 Å². The summed E-state index contributed by atoms with van der Waals surface area (Å²) in [4.78, 5) is 0.0348. The Labute approximate surface area is 94.4 Å². The summed E-state index contributed by atoms with van der Waals surface area (Å²) in [6.45, 7) is 2.67. The van der Waals surface area contributed by atoms with Crippen molar-refractivity contribution in [1.29, 1.82) is 0 Å². The molecule has 2 heterocycles. The number of ether oxygens (including phenoxy) is 1. The molecule has 0 bridgehead atoms. The predicted molar refractivity (Wildman–Crippen MR) is 62.9 cm³/mol. The van der Waals surface area contributed by atoms with E-state index in [1.54, 1.807) is 0 Å². The van der Waals surface area contributed by atoms with Crippen LogP contribution in [0.1, 0.15) is 17.5 Å². The van der Waals surface area contributed by atoms with Crippen LogP contribution in [0.5, 0.6) is 0 Å². The van der Waals surface area contributed by atoms with Gasteiger partial charge in [-0.25, -0.2) is 0 Å². The molecule has 3 rings (SSSR count). The molecule has 0 aliphatic carbocycles. The summed E-state index contributed by atoms with van der Waals surface area (Å²) in [6.07, 6.45) is 1.26. The SMILES string of the molecule is c1ccc2c(c1)COCC21NCCCS1. The molecule has 1 saturated heterocycles. The van der Waals surface area contributed by atoms with Gasteiger partial charge >= 0.3 is 0 Å². The zero-order valence-electron chi connectivity index (χ0n) is 8.66. The topological polar surface area (TPSA) is 21.3 Å². The van der Waals surface area contributed by atoms with Crippen LogP contribution in [-0.2, 0) is 16.2 Å². The molecule has 0 aromatic heterocycles. The largest absolute Gasteiger partial charge is 0.374 e. The van der Waals surface area contributed by atoms with Gasteiger partial charge < -0.3 is 4.74 Å². The molecule has 1 atom stereocenters. The quantitative estimate of drug-likeness (QED) is 0.725. The van der Waals surface area contributed by atoms with Crippen molar-refractivity contribution in [2.75, 3.05) is 18.9 Å². The third kappa shape index (κ3) is 1.59. The highest BCUT2D eigenvalue weighted by Gasteiger charge is 2.38. The maximum atomic E-state index is 5.71. The molecule has 2 aliphatic heterocycles. The first-order valence-corrected chi connectivity index (χ1v) is 6.44. The molecule has 3 heteroatoms. The minimum atomic E-state index is 0.0348. The zero-order valence-corrected chi connectivity index (χ0v) is 9.48. The summed E-state index contributed by atoms with van der Waals surface area (Å²) in [6, 6.07) is 8.63. The molecule has 1 N–H and O–H groups in total.